The van der Waals surface area contributed by atoms with Gasteiger partial charge in [-0.05, 0) is 43.7 Å². The number of amides is 1. The third-order valence-electron chi connectivity index (χ3n) is 4.74. The summed E-state index contributed by atoms with van der Waals surface area (Å²) in [5, 5.41) is 15.5. The van der Waals surface area contributed by atoms with Crippen molar-refractivity contribution in [3.63, 3.8) is 0 Å². The van der Waals surface area contributed by atoms with E-state index in [2.05, 4.69) is 50.1 Å². The van der Waals surface area contributed by atoms with E-state index in [1.165, 1.54) is 16.7 Å². The summed E-state index contributed by atoms with van der Waals surface area (Å²) in [7, 11) is 0. The molecule has 2 aromatic heterocycles. The Balaban J connectivity index is 1.53. The number of hydrogen-bond acceptors (Lipinski definition) is 6. The van der Waals surface area contributed by atoms with Gasteiger partial charge in [0.2, 0.25) is 5.91 Å². The summed E-state index contributed by atoms with van der Waals surface area (Å²) in [5.74, 6) is 0.0698. The van der Waals surface area contributed by atoms with Gasteiger partial charge < -0.3 is 4.90 Å². The Hall–Kier alpha value is -2.29. The molecule has 0 bridgehead atoms. The molecule has 136 valence electrons. The fraction of sp³-hybridized carbons (Fsp3) is 0.688. The summed E-state index contributed by atoms with van der Waals surface area (Å²) in [4.78, 5) is 16.8. The van der Waals surface area contributed by atoms with Gasteiger partial charge in [0, 0.05) is 37.9 Å². The fourth-order valence-corrected chi connectivity index (χ4v) is 3.34. The summed E-state index contributed by atoms with van der Waals surface area (Å²) < 4.78 is 3.54. The van der Waals surface area contributed by atoms with Gasteiger partial charge in [0.25, 0.3) is 0 Å². The first kappa shape index (κ1) is 17.5. The molecule has 0 spiro atoms. The van der Waals surface area contributed by atoms with Gasteiger partial charge >= 0.3 is 0 Å². The van der Waals surface area contributed by atoms with Crippen LogP contribution in [0.4, 0.5) is 0 Å². The highest BCUT2D eigenvalue weighted by atomic mass is 16.2. The summed E-state index contributed by atoms with van der Waals surface area (Å²) in [6.45, 7) is 10.8. The normalized spacial score (nSPS) is 17.5. The molecule has 1 saturated heterocycles. The predicted octanol–water partition coefficient (Wildman–Crippen LogP) is 0.109. The monoisotopic (exact) mass is 346 g/mol. The maximum absolute atomic E-state index is 12.4. The molecule has 3 rings (SSSR count). The Morgan fingerprint density at radius 2 is 2.08 bits per heavy atom. The van der Waals surface area contributed by atoms with Crippen LogP contribution in [0.1, 0.15) is 24.7 Å². The number of carbonyl (C=O) groups is 1. The van der Waals surface area contributed by atoms with E-state index in [1.807, 2.05) is 11.8 Å². The molecule has 0 radical (unpaired) electrons. The number of aromatic nitrogens is 6. The molecule has 3 heterocycles. The van der Waals surface area contributed by atoms with Gasteiger partial charge in [-0.2, -0.15) is 5.10 Å². The molecule has 1 atom stereocenters. The first-order valence-electron chi connectivity index (χ1n) is 8.76. The molecule has 1 amide bonds. The Morgan fingerprint density at radius 3 is 2.76 bits per heavy atom. The lowest BCUT2D eigenvalue weighted by atomic mass is 10.2. The number of carbonyl (C=O) groups excluding carboxylic acids is 1. The van der Waals surface area contributed by atoms with Crippen LogP contribution in [-0.2, 0) is 17.9 Å². The van der Waals surface area contributed by atoms with Crippen LogP contribution in [0.25, 0.3) is 0 Å². The summed E-state index contributed by atoms with van der Waals surface area (Å²) in [6, 6.07) is 2.49. The molecule has 0 saturated carbocycles. The number of nitrogens with zero attached hydrogens (tertiary/aromatic N) is 8. The van der Waals surface area contributed by atoms with Gasteiger partial charge in [0.1, 0.15) is 12.9 Å². The Morgan fingerprint density at radius 1 is 1.24 bits per heavy atom. The van der Waals surface area contributed by atoms with E-state index in [9.17, 15) is 4.79 Å². The highest BCUT2D eigenvalue weighted by molar-refractivity contribution is 5.75. The van der Waals surface area contributed by atoms with Crippen LogP contribution in [-0.4, -0.2) is 77.9 Å². The van der Waals surface area contributed by atoms with Crippen molar-refractivity contribution in [2.24, 2.45) is 0 Å². The average Bonchev–Trinajstić information content (AvgIpc) is 3.09. The first-order valence-corrected chi connectivity index (χ1v) is 8.76. The minimum absolute atomic E-state index is 0.0698. The Labute approximate surface area is 147 Å². The third-order valence-corrected chi connectivity index (χ3v) is 4.74. The van der Waals surface area contributed by atoms with Gasteiger partial charge in [-0.15, -0.1) is 5.10 Å². The van der Waals surface area contributed by atoms with Gasteiger partial charge in [0.15, 0.2) is 0 Å². The smallest absolute Gasteiger partial charge is 0.244 e. The Kier molecular flexibility index (Phi) is 5.42. The van der Waals surface area contributed by atoms with Crippen LogP contribution < -0.4 is 0 Å². The van der Waals surface area contributed by atoms with Gasteiger partial charge in [0.05, 0.1) is 12.2 Å². The maximum Gasteiger partial charge on any atom is 0.244 e. The first-order chi connectivity index (χ1) is 12.0. The van der Waals surface area contributed by atoms with E-state index in [0.717, 1.165) is 44.8 Å². The van der Waals surface area contributed by atoms with Crippen molar-refractivity contribution >= 4 is 5.91 Å². The second kappa shape index (κ2) is 7.73. The fourth-order valence-electron chi connectivity index (χ4n) is 3.34. The van der Waals surface area contributed by atoms with E-state index in [-0.39, 0.29) is 12.5 Å². The number of hydrogen-bond donors (Lipinski definition) is 0. The van der Waals surface area contributed by atoms with Crippen molar-refractivity contribution in [3.8, 4) is 0 Å². The zero-order valence-electron chi connectivity index (χ0n) is 15.2. The zero-order valence-corrected chi connectivity index (χ0v) is 15.2. The van der Waals surface area contributed by atoms with Gasteiger partial charge in [-0.25, -0.2) is 4.68 Å². The average molecular weight is 346 g/mol. The predicted molar refractivity (Wildman–Crippen MR) is 91.8 cm³/mol. The van der Waals surface area contributed by atoms with Crippen LogP contribution in [0.15, 0.2) is 12.4 Å². The number of aryl methyl sites for hydroxylation is 2. The van der Waals surface area contributed by atoms with Gasteiger partial charge in [-0.3, -0.25) is 14.4 Å². The second-order valence-electron chi connectivity index (χ2n) is 6.74. The SMILES string of the molecule is Cc1cc(C)n(CC(C)N2CCCN(C(=O)Cn3cnnn3)CC2)n1. The van der Waals surface area contributed by atoms with Crippen molar-refractivity contribution in [1.29, 1.82) is 0 Å². The van der Waals surface area contributed by atoms with Crippen LogP contribution in [0, 0.1) is 13.8 Å². The topological polar surface area (TPSA) is 85.0 Å². The lowest BCUT2D eigenvalue weighted by Gasteiger charge is -2.28. The highest BCUT2D eigenvalue weighted by Gasteiger charge is 2.23. The molecular formula is C16H26N8O. The molecular weight excluding hydrogens is 320 g/mol. The van der Waals surface area contributed by atoms with Crippen molar-refractivity contribution in [2.75, 3.05) is 26.2 Å². The quantitative estimate of drug-likeness (QED) is 0.764. The lowest BCUT2D eigenvalue weighted by molar-refractivity contribution is -0.132. The standard InChI is InChI=1S/C16H26N8O/c1-13-9-14(2)24(18-13)10-15(3)21-5-4-6-22(8-7-21)16(25)11-23-12-17-19-20-23/h9,12,15H,4-8,10-11H2,1-3H3. The lowest BCUT2D eigenvalue weighted by Crippen LogP contribution is -2.41. The minimum Gasteiger partial charge on any atom is -0.340 e. The molecule has 9 heteroatoms. The molecule has 0 N–H and O–H groups in total. The summed E-state index contributed by atoms with van der Waals surface area (Å²) in [6.07, 6.45) is 2.45. The molecule has 1 fully saturated rings. The molecule has 9 nitrogen and oxygen atoms in total. The van der Waals surface area contributed by atoms with E-state index in [0.29, 0.717) is 6.04 Å². The summed E-state index contributed by atoms with van der Waals surface area (Å²) >= 11 is 0. The molecule has 25 heavy (non-hydrogen) atoms. The summed E-state index contributed by atoms with van der Waals surface area (Å²) in [5.41, 5.74) is 2.25. The highest BCUT2D eigenvalue weighted by Crippen LogP contribution is 2.11. The largest absolute Gasteiger partial charge is 0.340 e. The third kappa shape index (κ3) is 4.41. The zero-order chi connectivity index (χ0) is 17.8. The molecule has 2 aromatic rings. The number of tetrazole rings is 1. The van der Waals surface area contributed by atoms with Crippen molar-refractivity contribution in [1.82, 2.24) is 39.8 Å². The molecule has 1 unspecified atom stereocenters. The van der Waals surface area contributed by atoms with Crippen molar-refractivity contribution in [3.05, 3.63) is 23.8 Å². The minimum atomic E-state index is 0.0698. The van der Waals surface area contributed by atoms with Crippen molar-refractivity contribution < 1.29 is 4.79 Å². The molecule has 0 aromatic carbocycles. The van der Waals surface area contributed by atoms with E-state index >= 15 is 0 Å². The molecule has 0 aliphatic carbocycles. The van der Waals surface area contributed by atoms with E-state index in [4.69, 9.17) is 0 Å². The molecule has 1 aliphatic rings. The van der Waals surface area contributed by atoms with Crippen LogP contribution in [0.2, 0.25) is 0 Å². The second-order valence-corrected chi connectivity index (χ2v) is 6.74. The van der Waals surface area contributed by atoms with Crippen molar-refractivity contribution in [2.45, 2.75) is 46.3 Å². The number of rotatable bonds is 5. The Bertz CT molecular complexity index is 695. The van der Waals surface area contributed by atoms with Crippen LogP contribution in [0.5, 0.6) is 0 Å². The van der Waals surface area contributed by atoms with Gasteiger partial charge in [-0.1, -0.05) is 0 Å². The van der Waals surface area contributed by atoms with Crippen LogP contribution in [0.3, 0.4) is 0 Å². The van der Waals surface area contributed by atoms with Crippen LogP contribution >= 0.6 is 0 Å². The maximum atomic E-state index is 12.4. The van der Waals surface area contributed by atoms with E-state index in [1.54, 1.807) is 0 Å². The molecule has 1 aliphatic heterocycles. The van der Waals surface area contributed by atoms with E-state index < -0.39 is 0 Å².